The summed E-state index contributed by atoms with van der Waals surface area (Å²) in [5.41, 5.74) is 6.60. The third kappa shape index (κ3) is 3.22. The van der Waals surface area contributed by atoms with Crippen molar-refractivity contribution in [3.8, 4) is 0 Å². The molecule has 0 atom stereocenters. The molecule has 0 aliphatic heterocycles. The van der Waals surface area contributed by atoms with Crippen LogP contribution in [-0.2, 0) is 6.18 Å². The SMILES string of the molecule is Cc1cc(Nc2cc(C(F)(F)F)ncc2N)ccc1Br. The Kier molecular flexibility index (Phi) is 3.89. The number of nitrogens with zero attached hydrogens (tertiary/aromatic N) is 1. The molecule has 3 nitrogen and oxygen atoms in total. The molecule has 0 bridgehead atoms. The molecule has 106 valence electrons. The summed E-state index contributed by atoms with van der Waals surface area (Å²) in [6.07, 6.45) is -3.50. The van der Waals surface area contributed by atoms with Crippen molar-refractivity contribution in [1.29, 1.82) is 0 Å². The standard InChI is InChI=1S/C13H11BrF3N3/c1-7-4-8(2-3-9(7)14)20-11-5-12(13(15,16)17)19-6-10(11)18/h2-6H,18H2,1H3,(H,19,20). The lowest BCUT2D eigenvalue weighted by Gasteiger charge is -2.13. The average molecular weight is 346 g/mol. The second kappa shape index (κ2) is 5.32. The molecule has 0 aliphatic carbocycles. The number of pyridine rings is 1. The number of alkyl halides is 3. The molecule has 0 saturated carbocycles. The molecule has 0 radical (unpaired) electrons. The number of hydrogen-bond donors (Lipinski definition) is 2. The van der Waals surface area contributed by atoms with Crippen LogP contribution in [0.15, 0.2) is 34.9 Å². The quantitative estimate of drug-likeness (QED) is 0.842. The van der Waals surface area contributed by atoms with Crippen molar-refractivity contribution < 1.29 is 13.2 Å². The Hall–Kier alpha value is -1.76. The fourth-order valence-corrected chi connectivity index (χ4v) is 1.85. The van der Waals surface area contributed by atoms with Crippen molar-refractivity contribution >= 4 is 33.0 Å². The molecule has 0 amide bonds. The molecule has 0 aliphatic rings. The molecule has 0 unspecified atom stereocenters. The first-order valence-electron chi connectivity index (χ1n) is 5.63. The first kappa shape index (κ1) is 14.6. The molecule has 0 fully saturated rings. The maximum absolute atomic E-state index is 12.6. The highest BCUT2D eigenvalue weighted by atomic mass is 79.9. The zero-order valence-corrected chi connectivity index (χ0v) is 12.0. The van der Waals surface area contributed by atoms with Crippen LogP contribution in [0.2, 0.25) is 0 Å². The molecule has 1 aromatic heterocycles. The molecule has 0 saturated heterocycles. The monoisotopic (exact) mass is 345 g/mol. The van der Waals surface area contributed by atoms with Gasteiger partial charge >= 0.3 is 6.18 Å². The van der Waals surface area contributed by atoms with E-state index in [9.17, 15) is 13.2 Å². The van der Waals surface area contributed by atoms with Gasteiger partial charge in [-0.05, 0) is 36.8 Å². The van der Waals surface area contributed by atoms with E-state index in [1.54, 1.807) is 18.2 Å². The predicted octanol–water partition coefficient (Wildman–Crippen LogP) is 4.50. The van der Waals surface area contributed by atoms with E-state index in [2.05, 4.69) is 26.2 Å². The van der Waals surface area contributed by atoms with E-state index in [-0.39, 0.29) is 11.4 Å². The summed E-state index contributed by atoms with van der Waals surface area (Å²) in [5.74, 6) is 0. The Labute approximate surface area is 122 Å². The second-order valence-corrected chi connectivity index (χ2v) is 5.10. The fraction of sp³-hybridized carbons (Fsp3) is 0.154. The zero-order chi connectivity index (χ0) is 14.9. The van der Waals surface area contributed by atoms with Crippen molar-refractivity contribution in [1.82, 2.24) is 4.98 Å². The number of aromatic nitrogens is 1. The van der Waals surface area contributed by atoms with E-state index in [0.29, 0.717) is 5.69 Å². The van der Waals surface area contributed by atoms with Crippen molar-refractivity contribution in [2.24, 2.45) is 0 Å². The Bertz CT molecular complexity index is 641. The van der Waals surface area contributed by atoms with Gasteiger partial charge in [0, 0.05) is 10.2 Å². The van der Waals surface area contributed by atoms with E-state index in [0.717, 1.165) is 22.3 Å². The first-order valence-corrected chi connectivity index (χ1v) is 6.42. The molecule has 2 aromatic rings. The summed E-state index contributed by atoms with van der Waals surface area (Å²) in [6.45, 7) is 1.88. The van der Waals surface area contributed by atoms with Gasteiger partial charge in [0.05, 0.1) is 17.6 Å². The number of rotatable bonds is 2. The summed E-state index contributed by atoms with van der Waals surface area (Å²) in [5, 5.41) is 2.87. The van der Waals surface area contributed by atoms with Gasteiger partial charge in [-0.25, -0.2) is 4.98 Å². The molecular weight excluding hydrogens is 335 g/mol. The number of hydrogen-bond acceptors (Lipinski definition) is 3. The first-order chi connectivity index (χ1) is 9.27. The van der Waals surface area contributed by atoms with Crippen LogP contribution in [0.5, 0.6) is 0 Å². The van der Waals surface area contributed by atoms with Gasteiger partial charge < -0.3 is 11.1 Å². The number of halogens is 4. The van der Waals surface area contributed by atoms with E-state index >= 15 is 0 Å². The molecular formula is C13H11BrF3N3. The Morgan fingerprint density at radius 2 is 1.95 bits per heavy atom. The number of nitrogens with two attached hydrogens (primary N) is 1. The summed E-state index contributed by atoms with van der Waals surface area (Å²) in [4.78, 5) is 3.29. The van der Waals surface area contributed by atoms with Crippen molar-refractivity contribution in [2.45, 2.75) is 13.1 Å². The number of anilines is 3. The number of benzene rings is 1. The number of aryl methyl sites for hydroxylation is 1. The van der Waals surface area contributed by atoms with Crippen LogP contribution in [0.25, 0.3) is 0 Å². The molecule has 20 heavy (non-hydrogen) atoms. The van der Waals surface area contributed by atoms with E-state index in [1.807, 2.05) is 6.92 Å². The van der Waals surface area contributed by atoms with Gasteiger partial charge in [0.25, 0.3) is 0 Å². The lowest BCUT2D eigenvalue weighted by Crippen LogP contribution is -2.09. The highest BCUT2D eigenvalue weighted by Crippen LogP contribution is 2.32. The van der Waals surface area contributed by atoms with Gasteiger partial charge in [0.1, 0.15) is 5.69 Å². The summed E-state index contributed by atoms with van der Waals surface area (Å²) in [7, 11) is 0. The van der Waals surface area contributed by atoms with Gasteiger partial charge in [0.15, 0.2) is 0 Å². The summed E-state index contributed by atoms with van der Waals surface area (Å²) >= 11 is 3.36. The van der Waals surface area contributed by atoms with Gasteiger partial charge in [-0.3, -0.25) is 0 Å². The largest absolute Gasteiger partial charge is 0.433 e. The molecule has 1 heterocycles. The fourth-order valence-electron chi connectivity index (χ4n) is 1.61. The molecule has 1 aromatic carbocycles. The van der Waals surface area contributed by atoms with Crippen LogP contribution in [0, 0.1) is 6.92 Å². The van der Waals surface area contributed by atoms with Crippen LogP contribution >= 0.6 is 15.9 Å². The van der Waals surface area contributed by atoms with Gasteiger partial charge in [-0.2, -0.15) is 13.2 Å². The van der Waals surface area contributed by atoms with Crippen molar-refractivity contribution in [3.63, 3.8) is 0 Å². The van der Waals surface area contributed by atoms with Gasteiger partial charge in [0.2, 0.25) is 0 Å². The van der Waals surface area contributed by atoms with Crippen LogP contribution in [0.3, 0.4) is 0 Å². The Morgan fingerprint density at radius 1 is 1.25 bits per heavy atom. The van der Waals surface area contributed by atoms with Crippen LogP contribution < -0.4 is 11.1 Å². The predicted molar refractivity (Wildman–Crippen MR) is 75.8 cm³/mol. The molecule has 7 heteroatoms. The highest BCUT2D eigenvalue weighted by molar-refractivity contribution is 9.10. The minimum atomic E-state index is -4.50. The lowest BCUT2D eigenvalue weighted by molar-refractivity contribution is -0.141. The van der Waals surface area contributed by atoms with E-state index in [4.69, 9.17) is 5.73 Å². The van der Waals surface area contributed by atoms with E-state index < -0.39 is 11.9 Å². The van der Waals surface area contributed by atoms with Crippen molar-refractivity contribution in [3.05, 3.63) is 46.2 Å². The zero-order valence-electron chi connectivity index (χ0n) is 10.4. The normalized spacial score (nSPS) is 11.4. The minimum absolute atomic E-state index is 0.151. The highest BCUT2D eigenvalue weighted by Gasteiger charge is 2.32. The van der Waals surface area contributed by atoms with Crippen LogP contribution in [0.1, 0.15) is 11.3 Å². The molecule has 0 spiro atoms. The third-order valence-corrected chi connectivity index (χ3v) is 3.55. The molecule has 2 rings (SSSR count). The van der Waals surface area contributed by atoms with E-state index in [1.165, 1.54) is 0 Å². The number of nitrogens with one attached hydrogen (secondary N) is 1. The molecule has 3 N–H and O–H groups in total. The average Bonchev–Trinajstić information content (AvgIpc) is 2.35. The topological polar surface area (TPSA) is 50.9 Å². The maximum Gasteiger partial charge on any atom is 0.433 e. The lowest BCUT2D eigenvalue weighted by atomic mass is 10.2. The summed E-state index contributed by atoms with van der Waals surface area (Å²) in [6, 6.07) is 6.24. The van der Waals surface area contributed by atoms with Crippen molar-refractivity contribution in [2.75, 3.05) is 11.1 Å². The smallest absolute Gasteiger partial charge is 0.396 e. The van der Waals surface area contributed by atoms with Crippen LogP contribution in [-0.4, -0.2) is 4.98 Å². The second-order valence-electron chi connectivity index (χ2n) is 4.24. The minimum Gasteiger partial charge on any atom is -0.396 e. The summed E-state index contributed by atoms with van der Waals surface area (Å²) < 4.78 is 38.8. The Morgan fingerprint density at radius 3 is 2.55 bits per heavy atom. The van der Waals surface area contributed by atoms with Gasteiger partial charge in [-0.1, -0.05) is 15.9 Å². The number of nitrogen functional groups attached to an aromatic ring is 1. The Balaban J connectivity index is 2.35. The van der Waals surface area contributed by atoms with Gasteiger partial charge in [-0.15, -0.1) is 0 Å². The maximum atomic E-state index is 12.6. The van der Waals surface area contributed by atoms with Crippen LogP contribution in [0.4, 0.5) is 30.2 Å². The third-order valence-electron chi connectivity index (χ3n) is 2.66.